The highest BCUT2D eigenvalue weighted by molar-refractivity contribution is 5.93. The summed E-state index contributed by atoms with van der Waals surface area (Å²) in [6.07, 6.45) is 0. The third kappa shape index (κ3) is 4.52. The molecular formula is C11H13NO5. The number of hydrogen-bond donors (Lipinski definition) is 2. The maximum absolute atomic E-state index is 11.4. The molecule has 0 saturated carbocycles. The van der Waals surface area contributed by atoms with Crippen LogP contribution in [0.2, 0.25) is 0 Å². The summed E-state index contributed by atoms with van der Waals surface area (Å²) in [7, 11) is 0. The summed E-state index contributed by atoms with van der Waals surface area (Å²) in [6, 6.07) is 6.42. The van der Waals surface area contributed by atoms with Crippen molar-refractivity contribution in [1.82, 2.24) is 5.48 Å². The molecule has 0 saturated heterocycles. The number of hydrogen-bond acceptors (Lipinski definition) is 4. The van der Waals surface area contributed by atoms with Gasteiger partial charge in [0, 0.05) is 5.56 Å². The van der Waals surface area contributed by atoms with Crippen molar-refractivity contribution in [3.63, 3.8) is 0 Å². The van der Waals surface area contributed by atoms with Crippen LogP contribution in [0.5, 0.6) is 5.75 Å². The van der Waals surface area contributed by atoms with Crippen LogP contribution in [0.3, 0.4) is 0 Å². The Morgan fingerprint density at radius 3 is 2.47 bits per heavy atom. The molecule has 0 unspecified atom stereocenters. The molecule has 0 radical (unpaired) electrons. The van der Waals surface area contributed by atoms with Crippen LogP contribution in [0.4, 0.5) is 0 Å². The Labute approximate surface area is 98.1 Å². The Hall–Kier alpha value is -2.08. The van der Waals surface area contributed by atoms with Crippen LogP contribution in [0, 0.1) is 0 Å². The summed E-state index contributed by atoms with van der Waals surface area (Å²) in [5, 5.41) is 8.30. The minimum atomic E-state index is -1.16. The van der Waals surface area contributed by atoms with Crippen molar-refractivity contribution < 1.29 is 24.3 Å². The molecule has 0 aromatic heterocycles. The predicted molar refractivity (Wildman–Crippen MR) is 58.7 cm³/mol. The van der Waals surface area contributed by atoms with E-state index in [-0.39, 0.29) is 0 Å². The van der Waals surface area contributed by atoms with Crippen molar-refractivity contribution in [2.24, 2.45) is 0 Å². The van der Waals surface area contributed by atoms with E-state index in [1.165, 1.54) is 0 Å². The zero-order valence-electron chi connectivity index (χ0n) is 9.30. The van der Waals surface area contributed by atoms with Gasteiger partial charge < -0.3 is 9.84 Å². The number of benzene rings is 1. The molecule has 0 atom stereocenters. The van der Waals surface area contributed by atoms with E-state index < -0.39 is 18.5 Å². The Morgan fingerprint density at radius 1 is 1.29 bits per heavy atom. The third-order valence-electron chi connectivity index (χ3n) is 1.79. The van der Waals surface area contributed by atoms with Crippen molar-refractivity contribution in [3.8, 4) is 5.75 Å². The molecule has 1 aromatic carbocycles. The second-order valence-electron chi connectivity index (χ2n) is 3.07. The van der Waals surface area contributed by atoms with E-state index in [0.717, 1.165) is 0 Å². The largest absolute Gasteiger partial charge is 0.494 e. The fourth-order valence-electron chi connectivity index (χ4n) is 1.09. The van der Waals surface area contributed by atoms with E-state index in [0.29, 0.717) is 17.9 Å². The van der Waals surface area contributed by atoms with Gasteiger partial charge in [-0.05, 0) is 31.2 Å². The van der Waals surface area contributed by atoms with Gasteiger partial charge in [-0.2, -0.15) is 0 Å². The van der Waals surface area contributed by atoms with Crippen molar-refractivity contribution in [1.29, 1.82) is 0 Å². The van der Waals surface area contributed by atoms with Crippen LogP contribution in [0.15, 0.2) is 24.3 Å². The number of carboxylic acids is 1. The molecule has 1 aromatic rings. The van der Waals surface area contributed by atoms with Crippen LogP contribution in [0.25, 0.3) is 0 Å². The number of carbonyl (C=O) groups excluding carboxylic acids is 1. The van der Waals surface area contributed by atoms with Gasteiger partial charge in [0.15, 0.2) is 6.61 Å². The first-order chi connectivity index (χ1) is 8.13. The number of hydroxylamine groups is 1. The summed E-state index contributed by atoms with van der Waals surface area (Å²) >= 11 is 0. The molecule has 0 aliphatic rings. The molecule has 0 heterocycles. The molecule has 0 aliphatic heterocycles. The molecule has 6 nitrogen and oxygen atoms in total. The fraction of sp³-hybridized carbons (Fsp3) is 0.273. The lowest BCUT2D eigenvalue weighted by Gasteiger charge is -2.05. The first-order valence-corrected chi connectivity index (χ1v) is 5.00. The van der Waals surface area contributed by atoms with Crippen molar-refractivity contribution >= 4 is 11.9 Å². The van der Waals surface area contributed by atoms with Crippen LogP contribution in [-0.2, 0) is 9.63 Å². The molecule has 6 heteroatoms. The third-order valence-corrected chi connectivity index (χ3v) is 1.79. The maximum Gasteiger partial charge on any atom is 0.332 e. The van der Waals surface area contributed by atoms with Crippen molar-refractivity contribution in [2.75, 3.05) is 13.2 Å². The minimum absolute atomic E-state index is 0.360. The van der Waals surface area contributed by atoms with Crippen LogP contribution in [0.1, 0.15) is 17.3 Å². The van der Waals surface area contributed by atoms with Gasteiger partial charge in [0.05, 0.1) is 6.61 Å². The quantitative estimate of drug-likeness (QED) is 0.718. The molecule has 17 heavy (non-hydrogen) atoms. The van der Waals surface area contributed by atoms with Crippen LogP contribution in [-0.4, -0.2) is 30.2 Å². The normalized spacial score (nSPS) is 9.71. The smallest absolute Gasteiger partial charge is 0.332 e. The fourth-order valence-corrected chi connectivity index (χ4v) is 1.09. The number of nitrogens with one attached hydrogen (secondary N) is 1. The van der Waals surface area contributed by atoms with Gasteiger partial charge in [-0.25, -0.2) is 10.3 Å². The van der Waals surface area contributed by atoms with E-state index in [4.69, 9.17) is 9.84 Å². The average Bonchev–Trinajstić information content (AvgIpc) is 2.30. The molecule has 0 spiro atoms. The lowest BCUT2D eigenvalue weighted by Crippen LogP contribution is -2.26. The summed E-state index contributed by atoms with van der Waals surface area (Å²) in [6.45, 7) is 1.83. The highest BCUT2D eigenvalue weighted by Gasteiger charge is 2.06. The number of carbonyl (C=O) groups is 2. The second-order valence-corrected chi connectivity index (χ2v) is 3.07. The Bertz CT molecular complexity index is 387. The molecular weight excluding hydrogens is 226 g/mol. The first kappa shape index (κ1) is 13.0. The number of rotatable bonds is 6. The van der Waals surface area contributed by atoms with Crippen molar-refractivity contribution in [2.45, 2.75) is 6.92 Å². The van der Waals surface area contributed by atoms with Crippen molar-refractivity contribution in [3.05, 3.63) is 29.8 Å². The Kier molecular flexibility index (Phi) is 4.96. The SMILES string of the molecule is CCOc1ccc(C(=O)NOCC(=O)O)cc1. The van der Waals surface area contributed by atoms with Gasteiger partial charge in [-0.15, -0.1) is 0 Å². The van der Waals surface area contributed by atoms with Crippen LogP contribution < -0.4 is 10.2 Å². The Balaban J connectivity index is 2.48. The van der Waals surface area contributed by atoms with Crippen LogP contribution >= 0.6 is 0 Å². The lowest BCUT2D eigenvalue weighted by atomic mass is 10.2. The predicted octanol–water partition coefficient (Wildman–Crippen LogP) is 0.831. The van der Waals surface area contributed by atoms with Gasteiger partial charge in [0.2, 0.25) is 0 Å². The highest BCUT2D eigenvalue weighted by atomic mass is 16.7. The topological polar surface area (TPSA) is 84.9 Å². The maximum atomic E-state index is 11.4. The van der Waals surface area contributed by atoms with Gasteiger partial charge >= 0.3 is 5.97 Å². The standard InChI is InChI=1S/C11H13NO5/c1-2-16-9-5-3-8(4-6-9)11(15)12-17-7-10(13)14/h3-6H,2,7H2,1H3,(H,12,15)(H,13,14). The summed E-state index contributed by atoms with van der Waals surface area (Å²) in [5.41, 5.74) is 2.38. The number of ether oxygens (including phenoxy) is 1. The van der Waals surface area contributed by atoms with Gasteiger partial charge in [-0.1, -0.05) is 0 Å². The number of carboxylic acid groups (broad SMARTS) is 1. The molecule has 0 bridgehead atoms. The zero-order valence-corrected chi connectivity index (χ0v) is 9.30. The van der Waals surface area contributed by atoms with E-state index in [1.54, 1.807) is 24.3 Å². The van der Waals surface area contributed by atoms with Gasteiger partial charge in [0.25, 0.3) is 5.91 Å². The molecule has 92 valence electrons. The van der Waals surface area contributed by atoms with E-state index in [2.05, 4.69) is 4.84 Å². The molecule has 1 rings (SSSR count). The monoisotopic (exact) mass is 239 g/mol. The number of amides is 1. The molecule has 0 aliphatic carbocycles. The van der Waals surface area contributed by atoms with E-state index >= 15 is 0 Å². The molecule has 0 fully saturated rings. The first-order valence-electron chi connectivity index (χ1n) is 5.00. The van der Waals surface area contributed by atoms with E-state index in [1.807, 2.05) is 12.4 Å². The lowest BCUT2D eigenvalue weighted by molar-refractivity contribution is -0.144. The average molecular weight is 239 g/mol. The van der Waals surface area contributed by atoms with Gasteiger partial charge in [-0.3, -0.25) is 9.63 Å². The second kappa shape index (κ2) is 6.49. The summed E-state index contributed by atoms with van der Waals surface area (Å²) in [5.74, 6) is -0.998. The summed E-state index contributed by atoms with van der Waals surface area (Å²) < 4.78 is 5.21. The number of aliphatic carboxylic acids is 1. The molecule has 1 amide bonds. The Morgan fingerprint density at radius 2 is 1.94 bits per heavy atom. The van der Waals surface area contributed by atoms with E-state index in [9.17, 15) is 9.59 Å². The minimum Gasteiger partial charge on any atom is -0.494 e. The zero-order chi connectivity index (χ0) is 12.7. The highest BCUT2D eigenvalue weighted by Crippen LogP contribution is 2.11. The molecule has 2 N–H and O–H groups in total. The summed E-state index contributed by atoms with van der Waals surface area (Å²) in [4.78, 5) is 26.0. The van der Waals surface area contributed by atoms with Gasteiger partial charge in [0.1, 0.15) is 5.75 Å².